The number of carbonyl (C=O) groups excluding carboxylic acids is 1. The third kappa shape index (κ3) is 4.96. The van der Waals surface area contributed by atoms with Crippen LogP contribution in [0.2, 0.25) is 0 Å². The number of esters is 1. The Kier molecular flexibility index (Phi) is 8.18. The molecule has 0 saturated carbocycles. The van der Waals surface area contributed by atoms with Gasteiger partial charge in [0.2, 0.25) is 0 Å². The number of nitrogens with one attached hydrogen (secondary N) is 1. The lowest BCUT2D eigenvalue weighted by Crippen LogP contribution is -2.32. The Hall–Kier alpha value is -0.0900. The summed E-state index contributed by atoms with van der Waals surface area (Å²) in [4.78, 5) is 11.4. The van der Waals surface area contributed by atoms with E-state index in [0.717, 1.165) is 38.8 Å². The van der Waals surface area contributed by atoms with Crippen LogP contribution in [0.1, 0.15) is 32.6 Å². The molecule has 0 spiro atoms. The molecule has 0 aromatic carbocycles. The average molecular weight is 266 g/mol. The van der Waals surface area contributed by atoms with Crippen molar-refractivity contribution in [1.29, 1.82) is 0 Å². The fraction of sp³-hybridized carbons (Fsp3) is 0.900. The first-order chi connectivity index (χ1) is 6.34. The molecule has 0 aliphatic carbocycles. The maximum atomic E-state index is 11.4. The number of halogens is 1. The molecule has 0 bridgehead atoms. The summed E-state index contributed by atoms with van der Waals surface area (Å²) in [6.45, 7) is 4.60. The van der Waals surface area contributed by atoms with Crippen LogP contribution < -0.4 is 5.32 Å². The Balaban J connectivity index is 0.00000169. The van der Waals surface area contributed by atoms with Crippen LogP contribution in [0.5, 0.6) is 0 Å². The minimum atomic E-state index is 0. The zero-order chi connectivity index (χ0) is 9.52. The van der Waals surface area contributed by atoms with Crippen LogP contribution in [0, 0.1) is 5.92 Å². The van der Waals surface area contributed by atoms with Crippen LogP contribution in [0.15, 0.2) is 0 Å². The van der Waals surface area contributed by atoms with E-state index >= 15 is 0 Å². The molecule has 0 unspecified atom stereocenters. The highest BCUT2D eigenvalue weighted by Crippen LogP contribution is 2.13. The molecule has 0 amide bonds. The first-order valence-corrected chi connectivity index (χ1v) is 5.22. The first kappa shape index (κ1) is 13.9. The second kappa shape index (κ2) is 8.24. The molecule has 0 aromatic rings. The van der Waals surface area contributed by atoms with E-state index in [4.69, 9.17) is 4.74 Å². The molecule has 4 heteroatoms. The monoisotopic (exact) mass is 265 g/mol. The number of ether oxygens (including phenoxy) is 1. The van der Waals surface area contributed by atoms with Crippen LogP contribution in [0.25, 0.3) is 0 Å². The minimum absolute atomic E-state index is 0. The Labute approximate surface area is 96.4 Å². The average Bonchev–Trinajstić information content (AvgIpc) is 2.19. The molecule has 3 nitrogen and oxygen atoms in total. The van der Waals surface area contributed by atoms with Crippen molar-refractivity contribution < 1.29 is 9.53 Å². The highest BCUT2D eigenvalue weighted by atomic mass is 79.9. The lowest BCUT2D eigenvalue weighted by atomic mass is 9.99. The summed E-state index contributed by atoms with van der Waals surface area (Å²) in [5.74, 6) is 0.160. The van der Waals surface area contributed by atoms with E-state index in [-0.39, 0.29) is 28.9 Å². The van der Waals surface area contributed by atoms with E-state index in [1.807, 2.05) is 0 Å². The number of rotatable bonds is 4. The van der Waals surface area contributed by atoms with Gasteiger partial charge in [-0.2, -0.15) is 0 Å². The second-order valence-electron chi connectivity index (χ2n) is 3.55. The van der Waals surface area contributed by atoms with Crippen molar-refractivity contribution in [2.24, 2.45) is 5.92 Å². The quantitative estimate of drug-likeness (QED) is 0.624. The number of piperidine rings is 1. The van der Waals surface area contributed by atoms with Crippen LogP contribution in [-0.2, 0) is 9.53 Å². The third-order valence-corrected chi connectivity index (χ3v) is 2.41. The van der Waals surface area contributed by atoms with Crippen molar-refractivity contribution >= 4 is 23.0 Å². The first-order valence-electron chi connectivity index (χ1n) is 5.22. The van der Waals surface area contributed by atoms with Gasteiger partial charge >= 0.3 is 5.97 Å². The van der Waals surface area contributed by atoms with Crippen LogP contribution in [0.4, 0.5) is 0 Å². The Morgan fingerprint density at radius 2 is 2.07 bits per heavy atom. The Bertz CT molecular complexity index is 158. The van der Waals surface area contributed by atoms with Crippen molar-refractivity contribution in [1.82, 2.24) is 5.32 Å². The summed E-state index contributed by atoms with van der Waals surface area (Å²) in [6, 6.07) is 0. The maximum Gasteiger partial charge on any atom is 0.309 e. The molecule has 14 heavy (non-hydrogen) atoms. The predicted molar refractivity (Wildman–Crippen MR) is 61.8 cm³/mol. The standard InChI is InChI=1S/C10H19NO2.BrH/c1-2-3-8-13-10(12)9-4-6-11-7-5-9;/h9,11H,2-8H2,1H3;1H. The highest BCUT2D eigenvalue weighted by molar-refractivity contribution is 8.93. The maximum absolute atomic E-state index is 11.4. The van der Waals surface area contributed by atoms with Gasteiger partial charge in [-0.3, -0.25) is 4.79 Å². The van der Waals surface area contributed by atoms with Gasteiger partial charge in [0.1, 0.15) is 0 Å². The molecule has 1 aliphatic heterocycles. The minimum Gasteiger partial charge on any atom is -0.465 e. The molecule has 1 saturated heterocycles. The van der Waals surface area contributed by atoms with Gasteiger partial charge in [0.25, 0.3) is 0 Å². The predicted octanol–water partition coefficient (Wildman–Crippen LogP) is 1.91. The number of hydrogen-bond acceptors (Lipinski definition) is 3. The van der Waals surface area contributed by atoms with Gasteiger partial charge in [-0.15, -0.1) is 17.0 Å². The lowest BCUT2D eigenvalue weighted by molar-refractivity contribution is -0.149. The number of unbranched alkanes of at least 4 members (excludes halogenated alkanes) is 1. The molecule has 1 fully saturated rings. The smallest absolute Gasteiger partial charge is 0.309 e. The van der Waals surface area contributed by atoms with Crippen molar-refractivity contribution in [2.45, 2.75) is 32.6 Å². The van der Waals surface area contributed by atoms with Gasteiger partial charge in [0.05, 0.1) is 12.5 Å². The molecule has 84 valence electrons. The van der Waals surface area contributed by atoms with E-state index in [1.165, 1.54) is 0 Å². The van der Waals surface area contributed by atoms with Crippen molar-refractivity contribution in [3.8, 4) is 0 Å². The van der Waals surface area contributed by atoms with E-state index in [1.54, 1.807) is 0 Å². The molecule has 0 atom stereocenters. The summed E-state index contributed by atoms with van der Waals surface area (Å²) in [7, 11) is 0. The van der Waals surface area contributed by atoms with E-state index < -0.39 is 0 Å². The molecule has 1 rings (SSSR count). The van der Waals surface area contributed by atoms with Gasteiger partial charge in [-0.1, -0.05) is 13.3 Å². The molecular weight excluding hydrogens is 246 g/mol. The summed E-state index contributed by atoms with van der Waals surface area (Å²) in [5, 5.41) is 3.23. The third-order valence-electron chi connectivity index (χ3n) is 2.41. The SMILES string of the molecule is Br.CCCCOC(=O)C1CCNCC1. The molecular formula is C10H20BrNO2. The summed E-state index contributed by atoms with van der Waals surface area (Å²) < 4.78 is 5.16. The van der Waals surface area contributed by atoms with Gasteiger partial charge in [0, 0.05) is 0 Å². The molecule has 1 N–H and O–H groups in total. The van der Waals surface area contributed by atoms with Crippen molar-refractivity contribution in [2.75, 3.05) is 19.7 Å². The van der Waals surface area contributed by atoms with Crippen LogP contribution >= 0.6 is 17.0 Å². The Morgan fingerprint density at radius 3 is 2.64 bits per heavy atom. The fourth-order valence-electron chi connectivity index (χ4n) is 1.49. The van der Waals surface area contributed by atoms with Gasteiger partial charge in [0.15, 0.2) is 0 Å². The van der Waals surface area contributed by atoms with Gasteiger partial charge in [-0.25, -0.2) is 0 Å². The van der Waals surface area contributed by atoms with Gasteiger partial charge < -0.3 is 10.1 Å². The topological polar surface area (TPSA) is 38.3 Å². The summed E-state index contributed by atoms with van der Waals surface area (Å²) >= 11 is 0. The van der Waals surface area contributed by atoms with E-state index in [0.29, 0.717) is 6.61 Å². The highest BCUT2D eigenvalue weighted by Gasteiger charge is 2.21. The normalized spacial score (nSPS) is 17.2. The fourth-order valence-corrected chi connectivity index (χ4v) is 1.49. The molecule has 1 aliphatic rings. The van der Waals surface area contributed by atoms with E-state index in [9.17, 15) is 4.79 Å². The summed E-state index contributed by atoms with van der Waals surface area (Å²) in [5.41, 5.74) is 0. The lowest BCUT2D eigenvalue weighted by Gasteiger charge is -2.20. The van der Waals surface area contributed by atoms with Crippen molar-refractivity contribution in [3.05, 3.63) is 0 Å². The van der Waals surface area contributed by atoms with Crippen molar-refractivity contribution in [3.63, 3.8) is 0 Å². The van der Waals surface area contributed by atoms with Gasteiger partial charge in [-0.05, 0) is 32.4 Å². The Morgan fingerprint density at radius 1 is 1.43 bits per heavy atom. The van der Waals surface area contributed by atoms with Crippen LogP contribution in [-0.4, -0.2) is 25.7 Å². The number of hydrogen-bond donors (Lipinski definition) is 1. The van der Waals surface area contributed by atoms with E-state index in [2.05, 4.69) is 12.2 Å². The largest absolute Gasteiger partial charge is 0.465 e. The zero-order valence-electron chi connectivity index (χ0n) is 8.75. The van der Waals surface area contributed by atoms with Crippen LogP contribution in [0.3, 0.4) is 0 Å². The molecule has 0 radical (unpaired) electrons. The zero-order valence-corrected chi connectivity index (χ0v) is 10.5. The molecule has 0 aromatic heterocycles. The number of carbonyl (C=O) groups is 1. The molecule has 1 heterocycles. The summed E-state index contributed by atoms with van der Waals surface area (Å²) in [6.07, 6.45) is 3.94. The second-order valence-corrected chi connectivity index (χ2v) is 3.55.